The maximum absolute atomic E-state index is 5.05. The Bertz CT molecular complexity index is 168. The van der Waals surface area contributed by atoms with Crippen molar-refractivity contribution < 1.29 is 4.42 Å². The predicted molar refractivity (Wildman–Crippen MR) is 55.9 cm³/mol. The fourth-order valence-corrected chi connectivity index (χ4v) is 0.498. The molecule has 0 fully saturated rings. The average Bonchev–Trinajstić information content (AvgIpc) is 2.71. The average molecular weight is 187 g/mol. The SMILES string of the molecule is CC.CC.CCc1nnc(NC)o1. The molecular formula is C9H21N3O. The molecule has 1 N–H and O–H groups in total. The van der Waals surface area contributed by atoms with Crippen LogP contribution in [-0.4, -0.2) is 17.2 Å². The van der Waals surface area contributed by atoms with Crippen molar-refractivity contribution in [2.45, 2.75) is 41.0 Å². The standard InChI is InChI=1S/C5H9N3O.2C2H6/c1-3-4-7-8-5(6-2)9-4;2*1-2/h3H2,1-2H3,(H,6,8);2*1-2H3. The summed E-state index contributed by atoms with van der Waals surface area (Å²) in [6, 6.07) is 0.479. The minimum atomic E-state index is 0.479. The van der Waals surface area contributed by atoms with Crippen molar-refractivity contribution >= 4 is 6.01 Å². The van der Waals surface area contributed by atoms with Gasteiger partial charge in [-0.1, -0.05) is 39.7 Å². The summed E-state index contributed by atoms with van der Waals surface area (Å²) in [7, 11) is 1.74. The third-order valence-corrected chi connectivity index (χ3v) is 0.983. The second kappa shape index (κ2) is 10.9. The summed E-state index contributed by atoms with van der Waals surface area (Å²) in [6.07, 6.45) is 0.786. The third-order valence-electron chi connectivity index (χ3n) is 0.983. The van der Waals surface area contributed by atoms with Gasteiger partial charge in [-0.05, 0) is 0 Å². The molecule has 0 spiro atoms. The van der Waals surface area contributed by atoms with Gasteiger partial charge in [-0.2, -0.15) is 0 Å². The van der Waals surface area contributed by atoms with E-state index in [4.69, 9.17) is 4.42 Å². The molecule has 0 aliphatic carbocycles. The molecule has 0 unspecified atom stereocenters. The van der Waals surface area contributed by atoms with Gasteiger partial charge in [0.2, 0.25) is 5.89 Å². The number of nitrogens with zero attached hydrogens (tertiary/aromatic N) is 2. The molecule has 0 atom stereocenters. The van der Waals surface area contributed by atoms with E-state index >= 15 is 0 Å². The molecule has 0 aliphatic heterocycles. The van der Waals surface area contributed by atoms with Gasteiger partial charge in [-0.3, -0.25) is 0 Å². The first-order chi connectivity index (χ1) is 6.36. The molecule has 4 heteroatoms. The van der Waals surface area contributed by atoms with E-state index in [1.54, 1.807) is 7.05 Å². The molecule has 1 rings (SSSR count). The van der Waals surface area contributed by atoms with Crippen molar-refractivity contribution in [1.29, 1.82) is 0 Å². The summed E-state index contributed by atoms with van der Waals surface area (Å²) in [5.74, 6) is 0.666. The highest BCUT2D eigenvalue weighted by molar-refractivity contribution is 5.14. The molecular weight excluding hydrogens is 166 g/mol. The summed E-state index contributed by atoms with van der Waals surface area (Å²) in [6.45, 7) is 9.97. The van der Waals surface area contributed by atoms with E-state index < -0.39 is 0 Å². The van der Waals surface area contributed by atoms with Gasteiger partial charge in [0.25, 0.3) is 0 Å². The Kier molecular flexibility index (Phi) is 12.2. The molecule has 0 aliphatic rings. The Morgan fingerprint density at radius 2 is 1.69 bits per heavy atom. The van der Waals surface area contributed by atoms with Gasteiger partial charge in [0.05, 0.1) is 0 Å². The lowest BCUT2D eigenvalue weighted by molar-refractivity contribution is 0.514. The molecule has 0 aromatic carbocycles. The van der Waals surface area contributed by atoms with Crippen LogP contribution in [0.3, 0.4) is 0 Å². The van der Waals surface area contributed by atoms with E-state index in [-0.39, 0.29) is 0 Å². The maximum Gasteiger partial charge on any atom is 0.315 e. The van der Waals surface area contributed by atoms with E-state index in [1.165, 1.54) is 0 Å². The summed E-state index contributed by atoms with van der Waals surface area (Å²) in [4.78, 5) is 0. The van der Waals surface area contributed by atoms with Gasteiger partial charge in [-0.25, -0.2) is 0 Å². The highest BCUT2D eigenvalue weighted by Crippen LogP contribution is 2.02. The Labute approximate surface area is 80.7 Å². The molecule has 1 heterocycles. The second-order valence-electron chi connectivity index (χ2n) is 1.60. The monoisotopic (exact) mass is 187 g/mol. The van der Waals surface area contributed by atoms with Crippen molar-refractivity contribution in [1.82, 2.24) is 10.2 Å². The zero-order chi connectivity index (χ0) is 10.7. The largest absolute Gasteiger partial charge is 0.408 e. The van der Waals surface area contributed by atoms with Crippen LogP contribution in [0.25, 0.3) is 0 Å². The summed E-state index contributed by atoms with van der Waals surface area (Å²) >= 11 is 0. The van der Waals surface area contributed by atoms with Gasteiger partial charge < -0.3 is 9.73 Å². The van der Waals surface area contributed by atoms with E-state index in [0.29, 0.717) is 11.9 Å². The van der Waals surface area contributed by atoms with Crippen LogP contribution in [-0.2, 0) is 6.42 Å². The first-order valence-electron chi connectivity index (χ1n) is 4.87. The summed E-state index contributed by atoms with van der Waals surface area (Å²) in [5, 5.41) is 10.1. The van der Waals surface area contributed by atoms with Gasteiger partial charge >= 0.3 is 6.01 Å². The summed E-state index contributed by atoms with van der Waals surface area (Å²) < 4.78 is 5.05. The minimum Gasteiger partial charge on any atom is -0.408 e. The first kappa shape index (κ1) is 14.5. The molecule has 13 heavy (non-hydrogen) atoms. The zero-order valence-corrected chi connectivity index (χ0v) is 9.51. The molecule has 0 amide bonds. The van der Waals surface area contributed by atoms with Gasteiger partial charge in [0, 0.05) is 13.5 Å². The van der Waals surface area contributed by atoms with E-state index in [2.05, 4.69) is 15.5 Å². The number of hydrogen-bond donors (Lipinski definition) is 1. The number of nitrogens with one attached hydrogen (secondary N) is 1. The van der Waals surface area contributed by atoms with Gasteiger partial charge in [0.1, 0.15) is 0 Å². The lowest BCUT2D eigenvalue weighted by Gasteiger charge is -1.84. The summed E-state index contributed by atoms with van der Waals surface area (Å²) in [5.41, 5.74) is 0. The van der Waals surface area contributed by atoms with Crippen LogP contribution in [0.15, 0.2) is 4.42 Å². The first-order valence-corrected chi connectivity index (χ1v) is 4.87. The van der Waals surface area contributed by atoms with Crippen molar-refractivity contribution in [3.8, 4) is 0 Å². The highest BCUT2D eigenvalue weighted by atomic mass is 16.4. The van der Waals surface area contributed by atoms with Crippen molar-refractivity contribution in [2.75, 3.05) is 12.4 Å². The third kappa shape index (κ3) is 6.13. The van der Waals surface area contributed by atoms with E-state index in [9.17, 15) is 0 Å². The van der Waals surface area contributed by atoms with Crippen LogP contribution >= 0.6 is 0 Å². The Balaban J connectivity index is 0. The predicted octanol–water partition coefficient (Wildman–Crippen LogP) is 2.73. The van der Waals surface area contributed by atoms with E-state index in [1.807, 2.05) is 34.6 Å². The second-order valence-corrected chi connectivity index (χ2v) is 1.60. The molecule has 0 radical (unpaired) electrons. The fourth-order valence-electron chi connectivity index (χ4n) is 0.498. The molecule has 0 saturated carbocycles. The number of rotatable bonds is 2. The number of aryl methyl sites for hydroxylation is 1. The Morgan fingerprint density at radius 3 is 1.92 bits per heavy atom. The van der Waals surface area contributed by atoms with Crippen molar-refractivity contribution in [3.63, 3.8) is 0 Å². The highest BCUT2D eigenvalue weighted by Gasteiger charge is 1.98. The van der Waals surface area contributed by atoms with Crippen LogP contribution in [0.2, 0.25) is 0 Å². The molecule has 0 saturated heterocycles. The molecule has 78 valence electrons. The van der Waals surface area contributed by atoms with Gasteiger partial charge in [-0.15, -0.1) is 5.10 Å². The molecule has 0 bridgehead atoms. The number of aromatic nitrogens is 2. The maximum atomic E-state index is 5.05. The Hall–Kier alpha value is -1.06. The van der Waals surface area contributed by atoms with Crippen LogP contribution < -0.4 is 5.32 Å². The van der Waals surface area contributed by atoms with Crippen LogP contribution in [0.1, 0.15) is 40.5 Å². The minimum absolute atomic E-state index is 0.479. The lowest BCUT2D eigenvalue weighted by atomic mass is 10.5. The number of hydrogen-bond acceptors (Lipinski definition) is 4. The fraction of sp³-hybridized carbons (Fsp3) is 0.778. The van der Waals surface area contributed by atoms with Crippen LogP contribution in [0, 0.1) is 0 Å². The van der Waals surface area contributed by atoms with Crippen LogP contribution in [0.4, 0.5) is 6.01 Å². The van der Waals surface area contributed by atoms with Crippen molar-refractivity contribution in [2.24, 2.45) is 0 Å². The molecule has 1 aromatic heterocycles. The number of anilines is 1. The lowest BCUT2D eigenvalue weighted by Crippen LogP contribution is -1.85. The van der Waals surface area contributed by atoms with Gasteiger partial charge in [0.15, 0.2) is 0 Å². The topological polar surface area (TPSA) is 51.0 Å². The quantitative estimate of drug-likeness (QED) is 0.773. The normalized spacial score (nSPS) is 7.54. The smallest absolute Gasteiger partial charge is 0.315 e. The van der Waals surface area contributed by atoms with Crippen molar-refractivity contribution in [3.05, 3.63) is 5.89 Å². The molecule has 1 aromatic rings. The van der Waals surface area contributed by atoms with E-state index in [0.717, 1.165) is 6.42 Å². The Morgan fingerprint density at radius 1 is 1.15 bits per heavy atom. The zero-order valence-electron chi connectivity index (χ0n) is 9.51. The van der Waals surface area contributed by atoms with Crippen LogP contribution in [0.5, 0.6) is 0 Å². The molecule has 4 nitrogen and oxygen atoms in total.